The number of likely N-dealkylation sites (tertiary alicyclic amines) is 1. The number of carbonyl (C=O) groups is 1. The molecule has 212 valence electrons. The van der Waals surface area contributed by atoms with E-state index in [1.807, 2.05) is 29.2 Å². The quantitative estimate of drug-likeness (QED) is 0.392. The van der Waals surface area contributed by atoms with Gasteiger partial charge in [0.15, 0.2) is 0 Å². The zero-order valence-corrected chi connectivity index (χ0v) is 23.2. The molecule has 0 spiro atoms. The second-order valence-corrected chi connectivity index (χ2v) is 11.6. The van der Waals surface area contributed by atoms with Gasteiger partial charge in [0.05, 0.1) is 12.1 Å². The van der Waals surface area contributed by atoms with Gasteiger partial charge in [-0.3, -0.25) is 9.59 Å². The monoisotopic (exact) mass is 545 g/mol. The second kappa shape index (κ2) is 12.5. The van der Waals surface area contributed by atoms with Crippen molar-refractivity contribution >= 4 is 5.91 Å². The zero-order chi connectivity index (χ0) is 28.1. The smallest absolute Gasteiger partial charge is 0.251 e. The first-order chi connectivity index (χ1) is 19.3. The van der Waals surface area contributed by atoms with Gasteiger partial charge in [-0.15, -0.1) is 0 Å². The van der Waals surface area contributed by atoms with Crippen LogP contribution in [0.5, 0.6) is 0 Å². The molecule has 1 saturated carbocycles. The SMILES string of the molecule is NCc1cccc(-c2cn(CC3(O)CCN(C(=O)CCC4CCCCC4)CC3)c(=O)cc2-c2ccccc2F)c1. The topological polar surface area (TPSA) is 88.6 Å². The van der Waals surface area contributed by atoms with E-state index >= 15 is 0 Å². The average molecular weight is 546 g/mol. The molecule has 0 radical (unpaired) electrons. The van der Waals surface area contributed by atoms with E-state index in [2.05, 4.69) is 0 Å². The van der Waals surface area contributed by atoms with Gasteiger partial charge in [0, 0.05) is 49.4 Å². The zero-order valence-electron chi connectivity index (χ0n) is 23.2. The third-order valence-corrected chi connectivity index (χ3v) is 8.77. The molecular weight excluding hydrogens is 505 g/mol. The van der Waals surface area contributed by atoms with E-state index in [1.54, 1.807) is 24.4 Å². The van der Waals surface area contributed by atoms with E-state index < -0.39 is 11.4 Å². The predicted molar refractivity (Wildman–Crippen MR) is 156 cm³/mol. The largest absolute Gasteiger partial charge is 0.388 e. The Kier molecular flexibility index (Phi) is 8.81. The van der Waals surface area contributed by atoms with Gasteiger partial charge in [0.1, 0.15) is 5.82 Å². The number of halogens is 1. The number of benzene rings is 2. The number of nitrogens with two attached hydrogens (primary N) is 1. The standard InChI is InChI=1S/C33H40FN3O3/c34-30-12-5-4-11-27(30)28-20-32(39)37(22-29(28)26-10-6-9-25(19-26)21-35)23-33(40)15-17-36(18-16-33)31(38)14-13-24-7-2-1-3-8-24/h4-6,9-12,19-20,22,24,40H,1-3,7-8,13-18,21,23,35H2. The number of carbonyl (C=O) groups excluding carboxylic acids is 1. The number of hydrogen-bond donors (Lipinski definition) is 2. The van der Waals surface area contributed by atoms with Crippen LogP contribution in [0, 0.1) is 11.7 Å². The number of nitrogens with zero attached hydrogens (tertiary/aromatic N) is 2. The first-order valence-corrected chi connectivity index (χ1v) is 14.6. The molecule has 1 aromatic heterocycles. The fourth-order valence-electron chi connectivity index (χ4n) is 6.30. The third kappa shape index (κ3) is 6.53. The van der Waals surface area contributed by atoms with Crippen molar-refractivity contribution in [2.24, 2.45) is 11.7 Å². The molecule has 0 atom stereocenters. The molecule has 2 heterocycles. The van der Waals surface area contributed by atoms with E-state index in [9.17, 15) is 19.1 Å². The van der Waals surface area contributed by atoms with Crippen LogP contribution < -0.4 is 11.3 Å². The highest BCUT2D eigenvalue weighted by atomic mass is 19.1. The number of aliphatic hydroxyl groups is 1. The molecule has 2 aliphatic rings. The van der Waals surface area contributed by atoms with E-state index in [4.69, 9.17) is 5.73 Å². The number of hydrogen-bond acceptors (Lipinski definition) is 4. The summed E-state index contributed by atoms with van der Waals surface area (Å²) in [6, 6.07) is 15.6. The molecule has 1 amide bonds. The first kappa shape index (κ1) is 28.2. The van der Waals surface area contributed by atoms with Crippen LogP contribution in [0.1, 0.15) is 63.4 Å². The minimum atomic E-state index is -1.11. The van der Waals surface area contributed by atoms with Crippen LogP contribution in [0.15, 0.2) is 65.6 Å². The Morgan fingerprint density at radius 2 is 1.73 bits per heavy atom. The number of piperidine rings is 1. The van der Waals surface area contributed by atoms with Crippen molar-refractivity contribution in [2.45, 2.75) is 76.5 Å². The van der Waals surface area contributed by atoms with E-state index in [0.717, 1.165) is 17.5 Å². The lowest BCUT2D eigenvalue weighted by Crippen LogP contribution is -2.49. The Hall–Kier alpha value is -3.29. The minimum absolute atomic E-state index is 0.108. The molecule has 0 unspecified atom stereocenters. The fraction of sp³-hybridized carbons (Fsp3) is 0.455. The molecule has 1 saturated heterocycles. The Balaban J connectivity index is 1.34. The molecule has 3 N–H and O–H groups in total. The molecule has 2 fully saturated rings. The molecule has 1 aliphatic heterocycles. The second-order valence-electron chi connectivity index (χ2n) is 11.6. The highest BCUT2D eigenvalue weighted by Gasteiger charge is 2.35. The molecule has 40 heavy (non-hydrogen) atoms. The van der Waals surface area contributed by atoms with Crippen molar-refractivity contribution in [3.63, 3.8) is 0 Å². The highest BCUT2D eigenvalue weighted by molar-refractivity contribution is 5.83. The van der Waals surface area contributed by atoms with E-state index in [0.29, 0.717) is 61.5 Å². The van der Waals surface area contributed by atoms with Crippen LogP contribution in [0.25, 0.3) is 22.3 Å². The van der Waals surface area contributed by atoms with Gasteiger partial charge in [0.25, 0.3) is 5.56 Å². The lowest BCUT2D eigenvalue weighted by atomic mass is 9.85. The van der Waals surface area contributed by atoms with Crippen molar-refractivity contribution in [1.29, 1.82) is 0 Å². The molecule has 2 aromatic carbocycles. The van der Waals surface area contributed by atoms with Gasteiger partial charge in [-0.2, -0.15) is 0 Å². The van der Waals surface area contributed by atoms with Gasteiger partial charge >= 0.3 is 0 Å². The Labute approximate surface area is 235 Å². The summed E-state index contributed by atoms with van der Waals surface area (Å²) in [7, 11) is 0. The average Bonchev–Trinajstić information content (AvgIpc) is 2.98. The molecule has 0 bridgehead atoms. The Bertz CT molecular complexity index is 1390. The van der Waals surface area contributed by atoms with Crippen LogP contribution in [-0.4, -0.2) is 39.2 Å². The molecule has 3 aromatic rings. The van der Waals surface area contributed by atoms with E-state index in [1.165, 1.54) is 48.8 Å². The summed E-state index contributed by atoms with van der Waals surface area (Å²) in [4.78, 5) is 28.0. The van der Waals surface area contributed by atoms with Crippen molar-refractivity contribution in [3.8, 4) is 22.3 Å². The number of rotatable bonds is 8. The maximum Gasteiger partial charge on any atom is 0.251 e. The first-order valence-electron chi connectivity index (χ1n) is 14.6. The van der Waals surface area contributed by atoms with Crippen LogP contribution in [0.3, 0.4) is 0 Å². The fourth-order valence-corrected chi connectivity index (χ4v) is 6.30. The van der Waals surface area contributed by atoms with Crippen LogP contribution in [0.4, 0.5) is 4.39 Å². The number of pyridine rings is 1. The number of amides is 1. The summed E-state index contributed by atoms with van der Waals surface area (Å²) in [5, 5.41) is 11.5. The predicted octanol–water partition coefficient (Wildman–Crippen LogP) is 5.49. The minimum Gasteiger partial charge on any atom is -0.388 e. The van der Waals surface area contributed by atoms with E-state index in [-0.39, 0.29) is 18.0 Å². The lowest BCUT2D eigenvalue weighted by molar-refractivity contribution is -0.136. The maximum atomic E-state index is 14.8. The van der Waals surface area contributed by atoms with Gasteiger partial charge < -0.3 is 20.3 Å². The molecular formula is C33H40FN3O3. The van der Waals surface area contributed by atoms with Gasteiger partial charge in [-0.25, -0.2) is 4.39 Å². The van der Waals surface area contributed by atoms with Crippen molar-refractivity contribution < 1.29 is 14.3 Å². The summed E-state index contributed by atoms with van der Waals surface area (Å²) in [5.41, 5.74) is 7.74. The molecule has 5 rings (SSSR count). The summed E-state index contributed by atoms with van der Waals surface area (Å²) < 4.78 is 16.4. The van der Waals surface area contributed by atoms with Gasteiger partial charge in [-0.1, -0.05) is 68.5 Å². The molecule has 1 aliphatic carbocycles. The van der Waals surface area contributed by atoms with Crippen LogP contribution >= 0.6 is 0 Å². The van der Waals surface area contributed by atoms with Gasteiger partial charge in [0.2, 0.25) is 5.91 Å². The van der Waals surface area contributed by atoms with Gasteiger partial charge in [-0.05, 0) is 54.0 Å². The summed E-state index contributed by atoms with van der Waals surface area (Å²) >= 11 is 0. The Morgan fingerprint density at radius 1 is 0.975 bits per heavy atom. The van der Waals surface area contributed by atoms with Crippen LogP contribution in [0.2, 0.25) is 0 Å². The van der Waals surface area contributed by atoms with Crippen molar-refractivity contribution in [2.75, 3.05) is 13.1 Å². The van der Waals surface area contributed by atoms with Crippen molar-refractivity contribution in [3.05, 3.63) is 82.5 Å². The molecule has 7 heteroatoms. The summed E-state index contributed by atoms with van der Waals surface area (Å²) in [5.74, 6) is 0.425. The Morgan fingerprint density at radius 3 is 2.45 bits per heavy atom. The summed E-state index contributed by atoms with van der Waals surface area (Å²) in [6.45, 7) is 1.43. The third-order valence-electron chi connectivity index (χ3n) is 8.77. The normalized spacial score (nSPS) is 17.6. The lowest BCUT2D eigenvalue weighted by Gasteiger charge is -2.38. The maximum absolute atomic E-state index is 14.8. The number of aromatic nitrogens is 1. The molecule has 6 nitrogen and oxygen atoms in total. The summed E-state index contributed by atoms with van der Waals surface area (Å²) in [6.07, 6.45) is 10.4. The van der Waals surface area contributed by atoms with Crippen LogP contribution in [-0.2, 0) is 17.9 Å². The highest BCUT2D eigenvalue weighted by Crippen LogP contribution is 2.34. The van der Waals surface area contributed by atoms with Crippen molar-refractivity contribution in [1.82, 2.24) is 9.47 Å².